The summed E-state index contributed by atoms with van der Waals surface area (Å²) in [7, 11) is 2.99. The van der Waals surface area contributed by atoms with Gasteiger partial charge in [-0.1, -0.05) is 94.4 Å². The molecular formula is C63H97N3O24S. The van der Waals surface area contributed by atoms with Crippen LogP contribution < -0.4 is 16.0 Å². The van der Waals surface area contributed by atoms with Gasteiger partial charge >= 0.3 is 5.97 Å². The average Bonchev–Trinajstić information content (AvgIpc) is 1.26. The van der Waals surface area contributed by atoms with Gasteiger partial charge in [0.1, 0.15) is 103 Å². The number of aliphatic hydroxyl groups excluding tert-OH is 11. The van der Waals surface area contributed by atoms with Crippen LogP contribution in [0.4, 0.5) is 0 Å². The zero-order valence-electron chi connectivity index (χ0n) is 53.4. The minimum atomic E-state index is -2.24. The number of carbonyl (C=O) groups is 5. The van der Waals surface area contributed by atoms with Gasteiger partial charge in [-0.3, -0.25) is 24.0 Å². The second kappa shape index (κ2) is 35.0. The van der Waals surface area contributed by atoms with Gasteiger partial charge < -0.3 is 110 Å². The fraction of sp³-hybridized carbons (Fsp3) is 0.698. The second-order valence-electron chi connectivity index (χ2n) is 24.5. The van der Waals surface area contributed by atoms with Gasteiger partial charge in [-0.2, -0.15) is 0 Å². The van der Waals surface area contributed by atoms with Crippen molar-refractivity contribution in [3.63, 3.8) is 0 Å². The quantitative estimate of drug-likeness (QED) is 0.0483. The molecule has 3 aliphatic heterocycles. The van der Waals surface area contributed by atoms with Gasteiger partial charge in [0.25, 0.3) is 0 Å². The van der Waals surface area contributed by atoms with E-state index in [-0.39, 0.29) is 31.3 Å². The zero-order valence-corrected chi connectivity index (χ0v) is 54.2. The number of hydrogen-bond acceptors (Lipinski definition) is 25. The summed E-state index contributed by atoms with van der Waals surface area (Å²) in [6, 6.07) is -3.57. The third kappa shape index (κ3) is 20.0. The molecule has 2 saturated heterocycles. The number of thioether (sulfide) groups is 1. The number of allylic oxidation sites excluding steroid dienone is 10. The normalized spacial score (nSPS) is 38.6. The van der Waals surface area contributed by atoms with Crippen LogP contribution in [0.25, 0.3) is 0 Å². The number of carbonyl (C=O) groups excluding carboxylic acids is 5. The molecule has 3 fully saturated rings. The van der Waals surface area contributed by atoms with E-state index in [0.717, 1.165) is 18.1 Å². The van der Waals surface area contributed by atoms with E-state index >= 15 is 0 Å². The molecule has 25 atom stereocenters. The van der Waals surface area contributed by atoms with Crippen molar-refractivity contribution >= 4 is 41.2 Å². The van der Waals surface area contributed by atoms with E-state index in [9.17, 15) is 85.3 Å². The van der Waals surface area contributed by atoms with E-state index in [1.807, 2.05) is 45.9 Å². The first-order valence-electron chi connectivity index (χ1n) is 30.6. The first-order chi connectivity index (χ1) is 42.8. The first-order valence-corrected chi connectivity index (χ1v) is 31.7. The molecule has 3 amide bonds. The van der Waals surface area contributed by atoms with Crippen LogP contribution in [0, 0.1) is 29.6 Å². The number of ketones is 1. The van der Waals surface area contributed by atoms with Gasteiger partial charge in [0.15, 0.2) is 17.9 Å². The lowest BCUT2D eigenvalue weighted by atomic mass is 9.77. The predicted octanol–water partition coefficient (Wildman–Crippen LogP) is -0.434. The third-order valence-corrected chi connectivity index (χ3v) is 18.8. The van der Waals surface area contributed by atoms with Crippen molar-refractivity contribution in [2.75, 3.05) is 33.2 Å². The van der Waals surface area contributed by atoms with Gasteiger partial charge in [-0.05, 0) is 39.2 Å². The summed E-state index contributed by atoms with van der Waals surface area (Å²) in [6.07, 6.45) is -10.7. The third-order valence-electron chi connectivity index (χ3n) is 17.5. The summed E-state index contributed by atoms with van der Waals surface area (Å²) in [5, 5.41) is 137. The highest BCUT2D eigenvalue weighted by Crippen LogP contribution is 2.42. The molecule has 28 heteroatoms. The maximum Gasteiger partial charge on any atom is 0.307 e. The summed E-state index contributed by atoms with van der Waals surface area (Å²) in [4.78, 5) is 68.6. The number of methoxy groups -OCH3 is 2. The number of amides is 3. The van der Waals surface area contributed by atoms with Gasteiger partial charge in [-0.15, -0.1) is 11.8 Å². The fourth-order valence-electron chi connectivity index (χ4n) is 11.9. The van der Waals surface area contributed by atoms with Crippen molar-refractivity contribution in [1.29, 1.82) is 0 Å². The molecule has 27 nitrogen and oxygen atoms in total. The maximum atomic E-state index is 14.5. The number of Topliss-reactive ketones (excluding diaryl/α,β-unsaturated/α-hetero) is 1. The van der Waals surface area contributed by atoms with E-state index in [4.69, 9.17) is 33.2 Å². The molecule has 0 aromatic heterocycles. The topological polar surface area (TPSA) is 429 Å². The van der Waals surface area contributed by atoms with Crippen LogP contribution >= 0.6 is 11.8 Å². The molecule has 0 bridgehead atoms. The van der Waals surface area contributed by atoms with Crippen LogP contribution in [0.2, 0.25) is 0 Å². The van der Waals surface area contributed by atoms with Crippen molar-refractivity contribution in [3.8, 4) is 0 Å². The molecule has 15 N–H and O–H groups in total. The van der Waals surface area contributed by atoms with Gasteiger partial charge in [-0.25, -0.2) is 0 Å². The SMILES string of the molecule is C/C=C/C=C/[C@H]1O[C@@](O)([C@@H](C)[C@H](O)[C@H](C)[C@H]2OC/C(OC)=C/C(C)=C/[C@@H](C)[C@@H](O)[C@@H](C)C/C(C)=C/C=C/[C@@H]2OC)C[C@@H](OC(=O)CC(SC[C@H](NC(C)=O)C(=O)N[C@H]2[C@@H](OC3[C@H](O)[C@H](O)C(O)[C@H](O)[C@H]3O)O[C@H](CO)[C@@H](O)[C@@H]2O)C(=O)NC2=C(O)CCC2=O)[C@@H]1C. The molecule has 5 rings (SSSR count). The molecule has 514 valence electrons. The Morgan fingerprint density at radius 3 is 2.15 bits per heavy atom. The summed E-state index contributed by atoms with van der Waals surface area (Å²) >= 11 is 0.602. The van der Waals surface area contributed by atoms with Crippen molar-refractivity contribution < 1.29 is 118 Å². The molecule has 0 radical (unpaired) electrons. The van der Waals surface area contributed by atoms with Crippen LogP contribution in [-0.4, -0.2) is 245 Å². The highest BCUT2D eigenvalue weighted by molar-refractivity contribution is 8.00. The number of esters is 1. The van der Waals surface area contributed by atoms with E-state index in [1.165, 1.54) is 14.2 Å². The Balaban J connectivity index is 1.44. The van der Waals surface area contributed by atoms with Gasteiger partial charge in [0.2, 0.25) is 17.7 Å². The molecule has 0 aromatic rings. The Morgan fingerprint density at radius 2 is 1.56 bits per heavy atom. The minimum absolute atomic E-state index is 0.0709. The molecule has 3 unspecified atom stereocenters. The molecule has 3 heterocycles. The van der Waals surface area contributed by atoms with Crippen LogP contribution in [0.5, 0.6) is 0 Å². The fourth-order valence-corrected chi connectivity index (χ4v) is 13.0. The van der Waals surface area contributed by atoms with Crippen LogP contribution in [0.3, 0.4) is 0 Å². The lowest BCUT2D eigenvalue weighted by Crippen LogP contribution is -2.69. The predicted molar refractivity (Wildman–Crippen MR) is 328 cm³/mol. The lowest BCUT2D eigenvalue weighted by molar-refractivity contribution is -0.319. The number of ether oxygens (including phenoxy) is 7. The van der Waals surface area contributed by atoms with Crippen LogP contribution in [0.15, 0.2) is 83.0 Å². The summed E-state index contributed by atoms with van der Waals surface area (Å²) < 4.78 is 42.2. The van der Waals surface area contributed by atoms with Crippen LogP contribution in [0.1, 0.15) is 94.4 Å². The van der Waals surface area contributed by atoms with E-state index < -0.39 is 205 Å². The first kappa shape index (κ1) is 76.7. The number of rotatable bonds is 22. The van der Waals surface area contributed by atoms with E-state index in [1.54, 1.807) is 64.2 Å². The van der Waals surface area contributed by atoms with E-state index in [0.29, 0.717) is 23.9 Å². The Bertz CT molecular complexity index is 2670. The number of hydrogen-bond donors (Lipinski definition) is 15. The molecule has 2 aliphatic carbocycles. The average molecular weight is 1310 g/mol. The van der Waals surface area contributed by atoms with Gasteiger partial charge in [0.05, 0.1) is 49.8 Å². The highest BCUT2D eigenvalue weighted by Gasteiger charge is 2.55. The molecule has 1 saturated carbocycles. The van der Waals surface area contributed by atoms with Crippen molar-refractivity contribution in [2.24, 2.45) is 29.6 Å². The Morgan fingerprint density at radius 1 is 0.901 bits per heavy atom. The zero-order chi connectivity index (χ0) is 67.9. The van der Waals surface area contributed by atoms with Gasteiger partial charge in [0, 0.05) is 62.7 Å². The summed E-state index contributed by atoms with van der Waals surface area (Å²) in [5.74, 6) is -10.4. The molecular weight excluding hydrogens is 1210 g/mol. The number of aliphatic hydroxyl groups is 12. The van der Waals surface area contributed by atoms with Crippen molar-refractivity contribution in [1.82, 2.24) is 16.0 Å². The smallest absolute Gasteiger partial charge is 0.307 e. The number of nitrogens with one attached hydrogen (secondary N) is 3. The second-order valence-corrected chi connectivity index (χ2v) is 25.7. The standard InChI is InChI=1S/C63H97N3O24S/c1-12-13-14-17-41-33(6)43(25-63(83,90-41)35(8)50(73)34(7)58-42(85-11)18-15-16-29(2)21-31(4)49(72)32(5)22-30(3)23-37(84-10)27-86-58)87-46(71)24-45(61(82)65-47-39(69)19-20-40(47)70)91-28-38(64-36(9)68)60(81)66-48-52(75)51(74)44(26-67)88-62(48)89-59-56(79)54(77)53(76)55(78)57(59)80/h12-18,22-23,31-35,38,41-45,48-59,62,67,69,72-80,83H,19-21,24-28H2,1-11H3,(H,64,68)(H,65,82)(H,66,81)/b13-12+,17-14+,18-15+,29-16+,30-22+,37-23-/t31-,32+,33+,34-,35-,38-,41+,42-,43+,44+,45?,48+,49-,50+,51+,52+,53?,54-,55+,56+,57+,58+,59?,62+,63+/m0/s1. The Kier molecular flexibility index (Phi) is 29.5. The summed E-state index contributed by atoms with van der Waals surface area (Å²) in [6.45, 7) is 14.6. The Labute approximate surface area is 534 Å². The molecule has 0 aromatic carbocycles. The minimum Gasteiger partial charge on any atom is -0.510 e. The monoisotopic (exact) mass is 1310 g/mol. The Hall–Kier alpha value is -4.96. The molecule has 0 spiro atoms. The largest absolute Gasteiger partial charge is 0.510 e. The summed E-state index contributed by atoms with van der Waals surface area (Å²) in [5.41, 5.74) is 1.38. The van der Waals surface area contributed by atoms with Crippen LogP contribution in [-0.2, 0) is 57.1 Å². The van der Waals surface area contributed by atoms with Crippen molar-refractivity contribution in [3.05, 3.63) is 83.0 Å². The maximum absolute atomic E-state index is 14.5. The lowest BCUT2D eigenvalue weighted by Gasteiger charge is -2.48. The van der Waals surface area contributed by atoms with E-state index in [2.05, 4.69) is 16.0 Å². The molecule has 5 aliphatic rings. The van der Waals surface area contributed by atoms with Crippen molar-refractivity contribution in [2.45, 2.75) is 215 Å². The molecule has 91 heavy (non-hydrogen) atoms. The highest BCUT2D eigenvalue weighted by atomic mass is 32.2.